The fourth-order valence-electron chi connectivity index (χ4n) is 1.83. The van der Waals surface area contributed by atoms with Gasteiger partial charge in [-0.1, -0.05) is 6.07 Å². The molecule has 106 valence electrons. The fourth-order valence-corrected chi connectivity index (χ4v) is 1.83. The molecule has 0 atom stereocenters. The second-order valence-corrected chi connectivity index (χ2v) is 4.12. The summed E-state index contributed by atoms with van der Waals surface area (Å²) in [4.78, 5) is 0. The summed E-state index contributed by atoms with van der Waals surface area (Å²) >= 11 is 0. The number of hydrogen-bond donors (Lipinski definition) is 2. The summed E-state index contributed by atoms with van der Waals surface area (Å²) in [5.74, 6) is 0.384. The molecule has 0 unspecified atom stereocenters. The van der Waals surface area contributed by atoms with Gasteiger partial charge < -0.3 is 20.5 Å². The summed E-state index contributed by atoms with van der Waals surface area (Å²) in [5, 5.41) is 3.12. The van der Waals surface area contributed by atoms with Gasteiger partial charge in [-0.3, -0.25) is 0 Å². The van der Waals surface area contributed by atoms with E-state index in [2.05, 4.69) is 5.32 Å². The average molecular weight is 276 g/mol. The minimum Gasteiger partial charge on any atom is -0.494 e. The van der Waals surface area contributed by atoms with Crippen LogP contribution in [-0.4, -0.2) is 13.7 Å². The standard InChI is InChI=1S/C15H17FN2O2/c1-3-20-13-6-4-5-12(15(13)17)18-10-7-8-11(16)14(9-10)19-2/h4-9,18H,3,17H2,1-2H3. The van der Waals surface area contributed by atoms with Crippen molar-refractivity contribution in [1.82, 2.24) is 0 Å². The monoisotopic (exact) mass is 276 g/mol. The third kappa shape index (κ3) is 2.93. The zero-order valence-corrected chi connectivity index (χ0v) is 11.4. The van der Waals surface area contributed by atoms with Gasteiger partial charge in [0.1, 0.15) is 5.75 Å². The van der Waals surface area contributed by atoms with Crippen molar-refractivity contribution in [1.29, 1.82) is 0 Å². The normalized spacial score (nSPS) is 10.2. The van der Waals surface area contributed by atoms with E-state index < -0.39 is 5.82 Å². The lowest BCUT2D eigenvalue weighted by atomic mass is 10.2. The molecule has 0 aromatic heterocycles. The highest BCUT2D eigenvalue weighted by atomic mass is 19.1. The van der Waals surface area contributed by atoms with E-state index in [-0.39, 0.29) is 5.75 Å². The second-order valence-electron chi connectivity index (χ2n) is 4.12. The van der Waals surface area contributed by atoms with Crippen LogP contribution >= 0.6 is 0 Å². The van der Waals surface area contributed by atoms with E-state index in [0.29, 0.717) is 29.4 Å². The molecule has 0 fully saturated rings. The number of halogens is 1. The van der Waals surface area contributed by atoms with Gasteiger partial charge in [0.05, 0.1) is 25.1 Å². The maximum atomic E-state index is 13.4. The molecule has 0 aliphatic heterocycles. The van der Waals surface area contributed by atoms with Gasteiger partial charge in [-0.2, -0.15) is 0 Å². The minimum absolute atomic E-state index is 0.175. The molecule has 2 rings (SSSR count). The molecule has 0 amide bonds. The smallest absolute Gasteiger partial charge is 0.165 e. The highest BCUT2D eigenvalue weighted by molar-refractivity contribution is 5.77. The number of nitrogen functional groups attached to an aromatic ring is 1. The lowest BCUT2D eigenvalue weighted by Crippen LogP contribution is -2.01. The van der Waals surface area contributed by atoms with Gasteiger partial charge in [-0.25, -0.2) is 4.39 Å². The van der Waals surface area contributed by atoms with Gasteiger partial charge in [0.25, 0.3) is 0 Å². The van der Waals surface area contributed by atoms with Gasteiger partial charge in [0.15, 0.2) is 11.6 Å². The molecule has 2 aromatic carbocycles. The Morgan fingerprint density at radius 3 is 2.70 bits per heavy atom. The molecule has 0 spiro atoms. The van der Waals surface area contributed by atoms with Crippen molar-refractivity contribution < 1.29 is 13.9 Å². The van der Waals surface area contributed by atoms with Crippen molar-refractivity contribution in [2.24, 2.45) is 0 Å². The van der Waals surface area contributed by atoms with Crippen LogP contribution < -0.4 is 20.5 Å². The summed E-state index contributed by atoms with van der Waals surface area (Å²) in [6, 6.07) is 9.99. The Morgan fingerprint density at radius 1 is 1.20 bits per heavy atom. The number of benzene rings is 2. The lowest BCUT2D eigenvalue weighted by molar-refractivity contribution is 0.342. The van der Waals surface area contributed by atoms with Gasteiger partial charge in [0, 0.05) is 11.8 Å². The summed E-state index contributed by atoms with van der Waals surface area (Å²) in [6.45, 7) is 2.43. The molecule has 5 heteroatoms. The van der Waals surface area contributed by atoms with E-state index in [1.807, 2.05) is 19.1 Å². The predicted octanol–water partition coefficient (Wildman–Crippen LogP) is 3.56. The Morgan fingerprint density at radius 2 is 2.00 bits per heavy atom. The highest BCUT2D eigenvalue weighted by Gasteiger charge is 2.08. The molecule has 0 saturated carbocycles. The molecule has 0 bridgehead atoms. The SMILES string of the molecule is CCOc1cccc(Nc2ccc(F)c(OC)c2)c1N. The van der Waals surface area contributed by atoms with Crippen LogP contribution in [0.4, 0.5) is 21.5 Å². The summed E-state index contributed by atoms with van der Waals surface area (Å²) in [5.41, 5.74) is 7.92. The largest absolute Gasteiger partial charge is 0.494 e. The van der Waals surface area contributed by atoms with E-state index in [1.54, 1.807) is 18.2 Å². The van der Waals surface area contributed by atoms with Crippen LogP contribution in [0.1, 0.15) is 6.92 Å². The third-order valence-electron chi connectivity index (χ3n) is 2.80. The van der Waals surface area contributed by atoms with Crippen LogP contribution in [0.2, 0.25) is 0 Å². The van der Waals surface area contributed by atoms with Crippen molar-refractivity contribution in [3.8, 4) is 11.5 Å². The third-order valence-corrected chi connectivity index (χ3v) is 2.80. The second kappa shape index (κ2) is 6.14. The van der Waals surface area contributed by atoms with E-state index >= 15 is 0 Å². The molecule has 3 N–H and O–H groups in total. The Bertz CT molecular complexity index is 602. The van der Waals surface area contributed by atoms with Crippen molar-refractivity contribution >= 4 is 17.1 Å². The van der Waals surface area contributed by atoms with Crippen LogP contribution in [0.15, 0.2) is 36.4 Å². The molecule has 0 aliphatic carbocycles. The number of rotatable bonds is 5. The summed E-state index contributed by atoms with van der Waals surface area (Å²) in [7, 11) is 1.42. The number of methoxy groups -OCH3 is 1. The van der Waals surface area contributed by atoms with Gasteiger partial charge in [-0.05, 0) is 31.2 Å². The number of hydrogen-bond acceptors (Lipinski definition) is 4. The average Bonchev–Trinajstić information content (AvgIpc) is 2.45. The first-order valence-corrected chi connectivity index (χ1v) is 6.27. The van der Waals surface area contributed by atoms with E-state index in [0.717, 1.165) is 0 Å². The van der Waals surface area contributed by atoms with Crippen LogP contribution in [0.5, 0.6) is 11.5 Å². The van der Waals surface area contributed by atoms with Crippen LogP contribution in [-0.2, 0) is 0 Å². The molecule has 20 heavy (non-hydrogen) atoms. The van der Waals surface area contributed by atoms with E-state index in [4.69, 9.17) is 15.2 Å². The number of nitrogens with one attached hydrogen (secondary N) is 1. The number of anilines is 3. The Balaban J connectivity index is 2.28. The number of nitrogens with two attached hydrogens (primary N) is 1. The molecule has 0 heterocycles. The first kappa shape index (κ1) is 14.0. The van der Waals surface area contributed by atoms with Gasteiger partial charge >= 0.3 is 0 Å². The van der Waals surface area contributed by atoms with Gasteiger partial charge in [-0.15, -0.1) is 0 Å². The van der Waals surface area contributed by atoms with Crippen LogP contribution in [0, 0.1) is 5.82 Å². The molecule has 0 aliphatic rings. The minimum atomic E-state index is -0.408. The molecule has 2 aromatic rings. The Kier molecular flexibility index (Phi) is 4.30. The van der Waals surface area contributed by atoms with Crippen molar-refractivity contribution in [2.75, 3.05) is 24.8 Å². The maximum Gasteiger partial charge on any atom is 0.165 e. The topological polar surface area (TPSA) is 56.5 Å². The van der Waals surface area contributed by atoms with Crippen molar-refractivity contribution in [2.45, 2.75) is 6.92 Å². The summed E-state index contributed by atoms with van der Waals surface area (Å²) < 4.78 is 23.7. The Labute approximate surface area is 117 Å². The zero-order valence-electron chi connectivity index (χ0n) is 11.4. The van der Waals surface area contributed by atoms with Gasteiger partial charge in [0.2, 0.25) is 0 Å². The van der Waals surface area contributed by atoms with E-state index in [1.165, 1.54) is 13.2 Å². The van der Waals surface area contributed by atoms with Crippen molar-refractivity contribution in [3.63, 3.8) is 0 Å². The molecular weight excluding hydrogens is 259 g/mol. The van der Waals surface area contributed by atoms with Crippen LogP contribution in [0.3, 0.4) is 0 Å². The highest BCUT2D eigenvalue weighted by Crippen LogP contribution is 2.32. The maximum absolute atomic E-state index is 13.4. The quantitative estimate of drug-likeness (QED) is 0.820. The first-order chi connectivity index (χ1) is 9.65. The number of ether oxygens (including phenoxy) is 2. The van der Waals surface area contributed by atoms with E-state index in [9.17, 15) is 4.39 Å². The Hall–Kier alpha value is -2.43. The zero-order chi connectivity index (χ0) is 14.5. The molecule has 0 radical (unpaired) electrons. The lowest BCUT2D eigenvalue weighted by Gasteiger charge is -2.13. The summed E-state index contributed by atoms with van der Waals surface area (Å²) in [6.07, 6.45) is 0. The number of para-hydroxylation sites is 1. The van der Waals surface area contributed by atoms with Crippen molar-refractivity contribution in [3.05, 3.63) is 42.2 Å². The fraction of sp³-hybridized carbons (Fsp3) is 0.200. The molecule has 4 nitrogen and oxygen atoms in total. The predicted molar refractivity (Wildman–Crippen MR) is 78.3 cm³/mol. The van der Waals surface area contributed by atoms with Crippen LogP contribution in [0.25, 0.3) is 0 Å². The molecular formula is C15H17FN2O2. The molecule has 0 saturated heterocycles. The first-order valence-electron chi connectivity index (χ1n) is 6.27.